The van der Waals surface area contributed by atoms with Gasteiger partial charge in [0.25, 0.3) is 16.7 Å². The lowest BCUT2D eigenvalue weighted by atomic mass is 10.2. The molecule has 0 aliphatic carbocycles. The van der Waals surface area contributed by atoms with E-state index in [-0.39, 0.29) is 16.7 Å². The molecule has 8 heteroatoms. The van der Waals surface area contributed by atoms with E-state index in [0.29, 0.717) is 22.9 Å². The molecule has 0 aliphatic rings. The van der Waals surface area contributed by atoms with Gasteiger partial charge < -0.3 is 4.74 Å². The first kappa shape index (κ1) is 21.0. The molecule has 8 nitrogen and oxygen atoms in total. The summed E-state index contributed by atoms with van der Waals surface area (Å²) in [6.45, 7) is 5.77. The summed E-state index contributed by atoms with van der Waals surface area (Å²) in [6.07, 6.45) is 6.28. The Morgan fingerprint density at radius 3 is 1.81 bits per heavy atom. The summed E-state index contributed by atoms with van der Waals surface area (Å²) < 4.78 is 9.94. The van der Waals surface area contributed by atoms with Crippen LogP contribution in [0.25, 0.3) is 17.1 Å². The lowest BCUT2D eigenvalue weighted by molar-refractivity contribution is 0.124. The molecule has 4 heterocycles. The van der Waals surface area contributed by atoms with Crippen molar-refractivity contribution in [2.45, 2.75) is 26.4 Å². The maximum Gasteiger partial charge on any atom is 0.255 e. The molecule has 4 aromatic heterocycles. The van der Waals surface area contributed by atoms with E-state index in [0.717, 1.165) is 0 Å². The fourth-order valence-corrected chi connectivity index (χ4v) is 3.17. The van der Waals surface area contributed by atoms with Crippen LogP contribution in [-0.4, -0.2) is 24.3 Å². The molecule has 0 aromatic carbocycles. The third kappa shape index (κ3) is 4.44. The van der Waals surface area contributed by atoms with Gasteiger partial charge in [0.1, 0.15) is 5.60 Å². The van der Waals surface area contributed by atoms with Crippen LogP contribution in [0.5, 0.6) is 5.88 Å². The topological polar surface area (TPSA) is 88.1 Å². The second-order valence-electron chi connectivity index (χ2n) is 8.17. The lowest BCUT2D eigenvalue weighted by Crippen LogP contribution is -2.24. The molecule has 0 amide bonds. The number of pyridine rings is 4. The van der Waals surface area contributed by atoms with Gasteiger partial charge in [-0.1, -0.05) is 6.07 Å². The summed E-state index contributed by atoms with van der Waals surface area (Å²) in [4.78, 5) is 41.5. The average molecular weight is 430 g/mol. The van der Waals surface area contributed by atoms with Gasteiger partial charge in [-0.05, 0) is 45.0 Å². The second-order valence-corrected chi connectivity index (χ2v) is 8.17. The van der Waals surface area contributed by atoms with Gasteiger partial charge in [0, 0.05) is 42.9 Å². The average Bonchev–Trinajstić information content (AvgIpc) is 2.75. The molecule has 4 aromatic rings. The highest BCUT2D eigenvalue weighted by atomic mass is 16.5. The van der Waals surface area contributed by atoms with Crippen molar-refractivity contribution in [1.29, 1.82) is 0 Å². The molecule has 32 heavy (non-hydrogen) atoms. The van der Waals surface area contributed by atoms with Gasteiger partial charge in [-0.3, -0.25) is 28.1 Å². The predicted octanol–water partition coefficient (Wildman–Crippen LogP) is 2.71. The lowest BCUT2D eigenvalue weighted by Gasteiger charge is -2.20. The number of nitrogens with zero attached hydrogens (tertiary/aromatic N) is 4. The Hall–Kier alpha value is -4.20. The molecule has 0 unspecified atom stereocenters. The van der Waals surface area contributed by atoms with E-state index in [2.05, 4.69) is 4.98 Å². The van der Waals surface area contributed by atoms with Crippen LogP contribution in [0, 0.1) is 0 Å². The highest BCUT2D eigenvalue weighted by Gasteiger charge is 2.13. The number of ether oxygens (including phenoxy) is 1. The minimum Gasteiger partial charge on any atom is -0.472 e. The Morgan fingerprint density at radius 1 is 0.688 bits per heavy atom. The zero-order chi connectivity index (χ0) is 22.9. The summed E-state index contributed by atoms with van der Waals surface area (Å²) in [5, 5.41) is 0. The number of rotatable bonds is 4. The first-order chi connectivity index (χ1) is 15.2. The second kappa shape index (κ2) is 8.14. The van der Waals surface area contributed by atoms with E-state index < -0.39 is 5.60 Å². The molecule has 0 bridgehead atoms. The van der Waals surface area contributed by atoms with Gasteiger partial charge in [0.05, 0.1) is 23.3 Å². The molecule has 0 N–H and O–H groups in total. The first-order valence-electron chi connectivity index (χ1n) is 10.0. The van der Waals surface area contributed by atoms with Crippen molar-refractivity contribution in [3.05, 3.63) is 110 Å². The Labute approximate surface area is 183 Å². The number of hydrogen-bond acceptors (Lipinski definition) is 5. The quantitative estimate of drug-likeness (QED) is 0.497. The molecule has 0 saturated heterocycles. The van der Waals surface area contributed by atoms with Crippen molar-refractivity contribution >= 4 is 0 Å². The summed E-state index contributed by atoms with van der Waals surface area (Å²) in [5.41, 5.74) is 0.346. The van der Waals surface area contributed by atoms with Crippen LogP contribution in [0.2, 0.25) is 0 Å². The summed E-state index contributed by atoms with van der Waals surface area (Å²) in [6, 6.07) is 14.1. The molecular formula is C24H22N4O4. The zero-order valence-corrected chi connectivity index (χ0v) is 17.9. The van der Waals surface area contributed by atoms with Crippen LogP contribution in [0.3, 0.4) is 0 Å². The van der Waals surface area contributed by atoms with Crippen molar-refractivity contribution in [3.8, 4) is 22.9 Å². The van der Waals surface area contributed by atoms with E-state index in [4.69, 9.17) is 4.74 Å². The van der Waals surface area contributed by atoms with E-state index in [1.807, 2.05) is 20.8 Å². The van der Waals surface area contributed by atoms with Crippen molar-refractivity contribution in [3.63, 3.8) is 0 Å². The maximum absolute atomic E-state index is 12.6. The van der Waals surface area contributed by atoms with Crippen LogP contribution in [-0.2, 0) is 0 Å². The normalized spacial score (nSPS) is 11.3. The van der Waals surface area contributed by atoms with E-state index in [1.165, 1.54) is 38.1 Å². The Bertz CT molecular complexity index is 1440. The van der Waals surface area contributed by atoms with E-state index in [1.54, 1.807) is 55.0 Å². The smallest absolute Gasteiger partial charge is 0.255 e. The van der Waals surface area contributed by atoms with Gasteiger partial charge >= 0.3 is 0 Å². The molecule has 0 saturated carbocycles. The SMILES string of the molecule is CC(C)(C)Oc1ccc(-n2cc(-n3cc(-n4ccccc4=O)ccc3=O)ccc2=O)cn1. The zero-order valence-electron chi connectivity index (χ0n) is 17.9. The van der Waals surface area contributed by atoms with Crippen molar-refractivity contribution in [2.24, 2.45) is 0 Å². The van der Waals surface area contributed by atoms with Crippen LogP contribution < -0.4 is 21.4 Å². The van der Waals surface area contributed by atoms with Crippen molar-refractivity contribution in [1.82, 2.24) is 18.7 Å². The summed E-state index contributed by atoms with van der Waals surface area (Å²) in [7, 11) is 0. The third-order valence-electron chi connectivity index (χ3n) is 4.58. The van der Waals surface area contributed by atoms with Crippen LogP contribution in [0.1, 0.15) is 20.8 Å². The van der Waals surface area contributed by atoms with Crippen LogP contribution in [0.15, 0.2) is 93.8 Å². The van der Waals surface area contributed by atoms with Gasteiger partial charge in [-0.25, -0.2) is 4.98 Å². The first-order valence-corrected chi connectivity index (χ1v) is 10.0. The molecule has 162 valence electrons. The minimum atomic E-state index is -0.391. The Kier molecular flexibility index (Phi) is 5.36. The predicted molar refractivity (Wildman–Crippen MR) is 121 cm³/mol. The van der Waals surface area contributed by atoms with Crippen molar-refractivity contribution in [2.75, 3.05) is 0 Å². The Balaban J connectivity index is 1.76. The number of aromatic nitrogens is 4. The molecule has 0 aliphatic heterocycles. The molecule has 0 spiro atoms. The molecule has 4 rings (SSSR count). The Morgan fingerprint density at radius 2 is 1.25 bits per heavy atom. The molecular weight excluding hydrogens is 408 g/mol. The highest BCUT2D eigenvalue weighted by Crippen LogP contribution is 2.17. The highest BCUT2D eigenvalue weighted by molar-refractivity contribution is 5.39. The van der Waals surface area contributed by atoms with Gasteiger partial charge in [-0.2, -0.15) is 0 Å². The van der Waals surface area contributed by atoms with Gasteiger partial charge in [0.2, 0.25) is 5.88 Å². The molecule has 0 fully saturated rings. The van der Waals surface area contributed by atoms with Crippen LogP contribution >= 0.6 is 0 Å². The number of hydrogen-bond donors (Lipinski definition) is 0. The fourth-order valence-electron chi connectivity index (χ4n) is 3.17. The fraction of sp³-hybridized carbons (Fsp3) is 0.167. The standard InChI is InChI=1S/C24H22N4O4/c1-24(2,3)32-20-10-7-17(14-25-20)27-16-19(9-12-22(27)30)28-15-18(8-11-23(28)31)26-13-5-4-6-21(26)29/h4-16H,1-3H3. The van der Waals surface area contributed by atoms with Crippen molar-refractivity contribution < 1.29 is 4.74 Å². The van der Waals surface area contributed by atoms with Gasteiger partial charge in [-0.15, -0.1) is 0 Å². The molecule has 0 atom stereocenters. The van der Waals surface area contributed by atoms with E-state index >= 15 is 0 Å². The monoisotopic (exact) mass is 430 g/mol. The van der Waals surface area contributed by atoms with Crippen LogP contribution in [0.4, 0.5) is 0 Å². The minimum absolute atomic E-state index is 0.216. The third-order valence-corrected chi connectivity index (χ3v) is 4.58. The van der Waals surface area contributed by atoms with E-state index in [9.17, 15) is 14.4 Å². The maximum atomic E-state index is 12.6. The molecule has 0 radical (unpaired) electrons. The largest absolute Gasteiger partial charge is 0.472 e. The van der Waals surface area contributed by atoms with Gasteiger partial charge in [0.15, 0.2) is 0 Å². The summed E-state index contributed by atoms with van der Waals surface area (Å²) >= 11 is 0. The summed E-state index contributed by atoms with van der Waals surface area (Å²) in [5.74, 6) is 0.447.